The molecule has 1 aliphatic rings. The number of carbonyl (C=O) groups excluding carboxylic acids is 4. The maximum atomic E-state index is 13.6. The highest BCUT2D eigenvalue weighted by atomic mass is 16.5. The van der Waals surface area contributed by atoms with E-state index in [-0.39, 0.29) is 24.9 Å². The number of benzene rings is 3. The van der Waals surface area contributed by atoms with Gasteiger partial charge in [-0.3, -0.25) is 14.4 Å². The van der Waals surface area contributed by atoms with E-state index in [1.54, 1.807) is 38.1 Å². The van der Waals surface area contributed by atoms with Crippen LogP contribution in [0, 0.1) is 5.41 Å². The van der Waals surface area contributed by atoms with Crippen molar-refractivity contribution in [2.24, 2.45) is 0 Å². The van der Waals surface area contributed by atoms with Gasteiger partial charge in [0.25, 0.3) is 0 Å². The van der Waals surface area contributed by atoms with E-state index in [0.29, 0.717) is 24.0 Å². The van der Waals surface area contributed by atoms with E-state index >= 15 is 0 Å². The van der Waals surface area contributed by atoms with Crippen molar-refractivity contribution in [2.75, 3.05) is 6.54 Å². The molecule has 8 heteroatoms. The van der Waals surface area contributed by atoms with Crippen molar-refractivity contribution in [3.63, 3.8) is 0 Å². The van der Waals surface area contributed by atoms with E-state index in [2.05, 4.69) is 10.6 Å². The van der Waals surface area contributed by atoms with Crippen molar-refractivity contribution < 1.29 is 23.9 Å². The lowest BCUT2D eigenvalue weighted by atomic mass is 9.83. The number of esters is 1. The summed E-state index contributed by atoms with van der Waals surface area (Å²) >= 11 is 0. The molecule has 4 rings (SSSR count). The van der Waals surface area contributed by atoms with Crippen LogP contribution in [0.25, 0.3) is 10.8 Å². The average Bonchev–Trinajstić information content (AvgIpc) is 3.74. The fourth-order valence-corrected chi connectivity index (χ4v) is 4.58. The number of hydrogen-bond acceptors (Lipinski definition) is 6. The van der Waals surface area contributed by atoms with E-state index in [0.717, 1.165) is 16.3 Å². The molecule has 2 amide bonds. The van der Waals surface area contributed by atoms with Crippen molar-refractivity contribution in [3.05, 3.63) is 95.6 Å². The molecule has 0 heterocycles. The smallest absolute Gasteiger partial charge is 0.330 e. The molecule has 3 N–H and O–H groups in total. The van der Waals surface area contributed by atoms with Gasteiger partial charge >= 0.3 is 17.8 Å². The summed E-state index contributed by atoms with van der Waals surface area (Å²) in [5.74, 6) is -2.68. The third-order valence-corrected chi connectivity index (χ3v) is 6.65. The summed E-state index contributed by atoms with van der Waals surface area (Å²) in [6.07, 6.45) is 3.75. The first-order chi connectivity index (χ1) is 18.7. The highest BCUT2D eigenvalue weighted by Crippen LogP contribution is 2.51. The topological polar surface area (TPSA) is 125 Å². The first-order valence-corrected chi connectivity index (χ1v) is 12.9. The molecule has 200 valence electrons. The van der Waals surface area contributed by atoms with Crippen LogP contribution in [-0.4, -0.2) is 41.9 Å². The van der Waals surface area contributed by atoms with Gasteiger partial charge in [-0.25, -0.2) is 4.79 Å². The van der Waals surface area contributed by atoms with Crippen LogP contribution in [0.5, 0.6) is 0 Å². The van der Waals surface area contributed by atoms with Crippen LogP contribution in [0.3, 0.4) is 0 Å². The van der Waals surface area contributed by atoms with Gasteiger partial charge in [-0.1, -0.05) is 72.8 Å². The number of Topliss-reactive ketones (excluding diaryl/α,β-unsaturated/α-hetero) is 1. The SMILES string of the molecule is CC(C)OC(=O)/C=C/CNC(=O)C(=O)NCc1ccccc1C(=O)C(=N)C1(c2cccc3ccccc23)CC1. The van der Waals surface area contributed by atoms with Gasteiger partial charge in [0, 0.05) is 30.1 Å². The van der Waals surface area contributed by atoms with Crippen LogP contribution in [0.2, 0.25) is 0 Å². The molecule has 1 aliphatic carbocycles. The molecule has 39 heavy (non-hydrogen) atoms. The van der Waals surface area contributed by atoms with Crippen LogP contribution in [0.4, 0.5) is 0 Å². The van der Waals surface area contributed by atoms with Gasteiger partial charge in [0.15, 0.2) is 0 Å². The Morgan fingerprint density at radius 3 is 2.33 bits per heavy atom. The maximum Gasteiger partial charge on any atom is 0.330 e. The summed E-state index contributed by atoms with van der Waals surface area (Å²) in [5.41, 5.74) is 1.20. The molecule has 0 unspecified atom stereocenters. The number of hydrogen-bond donors (Lipinski definition) is 3. The fourth-order valence-electron chi connectivity index (χ4n) is 4.58. The molecule has 0 saturated heterocycles. The molecule has 0 spiro atoms. The molecule has 0 atom stereocenters. The van der Waals surface area contributed by atoms with Crippen molar-refractivity contribution in [1.82, 2.24) is 10.6 Å². The van der Waals surface area contributed by atoms with Crippen LogP contribution in [0.1, 0.15) is 48.2 Å². The van der Waals surface area contributed by atoms with Gasteiger partial charge < -0.3 is 20.8 Å². The molecule has 3 aromatic carbocycles. The quantitative estimate of drug-likeness (QED) is 0.121. The standard InChI is InChI=1S/C31H31N3O5/c1-20(2)39-26(35)15-8-18-33-29(37)30(38)34-19-22-10-4-6-13-24(22)27(36)28(32)31(16-17-31)25-14-7-11-21-9-3-5-12-23(21)25/h3-15,20,32H,16-19H2,1-2H3,(H,33,37)(H,34,38)/b15-8+,32-28?. The van der Waals surface area contributed by atoms with E-state index in [9.17, 15) is 19.2 Å². The Labute approximate surface area is 226 Å². The van der Waals surface area contributed by atoms with E-state index < -0.39 is 29.0 Å². The molecule has 1 saturated carbocycles. The molecule has 1 fully saturated rings. The number of ketones is 1. The second-order valence-electron chi connectivity index (χ2n) is 9.75. The minimum Gasteiger partial charge on any atom is -0.460 e. The largest absolute Gasteiger partial charge is 0.460 e. The lowest BCUT2D eigenvalue weighted by Gasteiger charge is -2.20. The number of nitrogens with one attached hydrogen (secondary N) is 3. The zero-order chi connectivity index (χ0) is 28.0. The lowest BCUT2D eigenvalue weighted by molar-refractivity contribution is -0.141. The minimum atomic E-state index is -0.875. The first-order valence-electron chi connectivity index (χ1n) is 12.9. The number of amides is 2. The van der Waals surface area contributed by atoms with Crippen LogP contribution in [-0.2, 0) is 31.1 Å². The van der Waals surface area contributed by atoms with Gasteiger partial charge in [0.2, 0.25) is 5.78 Å². The van der Waals surface area contributed by atoms with Crippen LogP contribution >= 0.6 is 0 Å². The van der Waals surface area contributed by atoms with E-state index in [4.69, 9.17) is 10.1 Å². The molecule has 0 aromatic heterocycles. The highest BCUT2D eigenvalue weighted by Gasteiger charge is 2.51. The normalized spacial score (nSPS) is 13.7. The maximum absolute atomic E-state index is 13.6. The van der Waals surface area contributed by atoms with Crippen LogP contribution in [0.15, 0.2) is 78.9 Å². The number of ether oxygens (including phenoxy) is 1. The Kier molecular flexibility index (Phi) is 8.34. The van der Waals surface area contributed by atoms with Gasteiger partial charge in [-0.15, -0.1) is 0 Å². The molecule has 3 aromatic rings. The Balaban J connectivity index is 1.40. The summed E-state index contributed by atoms with van der Waals surface area (Å²) < 4.78 is 4.95. The molecule has 8 nitrogen and oxygen atoms in total. The average molecular weight is 526 g/mol. The summed E-state index contributed by atoms with van der Waals surface area (Å²) in [6.45, 7) is 3.37. The first kappa shape index (κ1) is 27.4. The number of rotatable bonds is 10. The van der Waals surface area contributed by atoms with Gasteiger partial charge in [0.05, 0.1) is 11.8 Å². The third kappa shape index (κ3) is 6.29. The van der Waals surface area contributed by atoms with Crippen molar-refractivity contribution in [2.45, 2.75) is 44.8 Å². The van der Waals surface area contributed by atoms with E-state index in [1.807, 2.05) is 42.5 Å². The Bertz CT molecular complexity index is 1460. The summed E-state index contributed by atoms with van der Waals surface area (Å²) in [7, 11) is 0. The fraction of sp³-hybridized carbons (Fsp3) is 0.258. The minimum absolute atomic E-state index is 0.0259. The molecule has 0 aliphatic heterocycles. The van der Waals surface area contributed by atoms with E-state index in [1.165, 1.54) is 12.2 Å². The molecule has 0 radical (unpaired) electrons. The Morgan fingerprint density at radius 2 is 1.59 bits per heavy atom. The summed E-state index contributed by atoms with van der Waals surface area (Å²) in [6, 6.07) is 20.7. The second kappa shape index (κ2) is 11.9. The summed E-state index contributed by atoms with van der Waals surface area (Å²) in [5, 5.41) is 15.9. The number of carbonyl (C=O) groups is 4. The second-order valence-corrected chi connectivity index (χ2v) is 9.75. The lowest BCUT2D eigenvalue weighted by Crippen LogP contribution is -2.40. The summed E-state index contributed by atoms with van der Waals surface area (Å²) in [4.78, 5) is 49.5. The molecule has 0 bridgehead atoms. The monoisotopic (exact) mass is 525 g/mol. The highest BCUT2D eigenvalue weighted by molar-refractivity contribution is 6.49. The van der Waals surface area contributed by atoms with Crippen molar-refractivity contribution in [1.29, 1.82) is 5.41 Å². The van der Waals surface area contributed by atoms with Crippen molar-refractivity contribution in [3.8, 4) is 0 Å². The third-order valence-electron chi connectivity index (χ3n) is 6.65. The van der Waals surface area contributed by atoms with Crippen molar-refractivity contribution >= 4 is 40.1 Å². The molecular formula is C31H31N3O5. The number of fused-ring (bicyclic) bond motifs is 1. The zero-order valence-electron chi connectivity index (χ0n) is 22.0. The Morgan fingerprint density at radius 1 is 0.923 bits per heavy atom. The molecular weight excluding hydrogens is 494 g/mol. The predicted octanol–water partition coefficient (Wildman–Crippen LogP) is 4.01. The van der Waals surface area contributed by atoms with Gasteiger partial charge in [-0.05, 0) is 48.6 Å². The Hall–Kier alpha value is -4.59. The van der Waals surface area contributed by atoms with Crippen LogP contribution < -0.4 is 10.6 Å². The predicted molar refractivity (Wildman–Crippen MR) is 149 cm³/mol. The van der Waals surface area contributed by atoms with Gasteiger partial charge in [-0.2, -0.15) is 0 Å². The van der Waals surface area contributed by atoms with Gasteiger partial charge in [0.1, 0.15) is 0 Å². The zero-order valence-corrected chi connectivity index (χ0v) is 22.0.